The van der Waals surface area contributed by atoms with Gasteiger partial charge in [0.1, 0.15) is 0 Å². The number of anilines is 1. The van der Waals surface area contributed by atoms with Crippen molar-refractivity contribution in [1.82, 2.24) is 9.88 Å². The molecular formula is C18H23N3O2. The van der Waals surface area contributed by atoms with Crippen LogP contribution in [0.4, 0.5) is 5.69 Å². The lowest BCUT2D eigenvalue weighted by atomic mass is 10.2. The van der Waals surface area contributed by atoms with Crippen LogP contribution in [0.25, 0.3) is 0 Å². The molecule has 122 valence electrons. The Balaban J connectivity index is 2.20. The molecule has 0 aliphatic carbocycles. The lowest BCUT2D eigenvalue weighted by Crippen LogP contribution is -2.18. The number of nitrogens with one attached hydrogen (secondary N) is 2. The lowest BCUT2D eigenvalue weighted by Gasteiger charge is -2.13. The molecule has 2 rings (SSSR count). The zero-order valence-electron chi connectivity index (χ0n) is 14.2. The number of carbonyl (C=O) groups is 2. The van der Waals surface area contributed by atoms with E-state index in [1.807, 2.05) is 19.9 Å². The van der Waals surface area contributed by atoms with Crippen molar-refractivity contribution >= 4 is 17.5 Å². The van der Waals surface area contributed by atoms with Crippen LogP contribution in [0.1, 0.15) is 52.0 Å². The maximum absolute atomic E-state index is 12.5. The molecule has 2 N–H and O–H groups in total. The fourth-order valence-electron chi connectivity index (χ4n) is 2.85. The van der Waals surface area contributed by atoms with Gasteiger partial charge in [0, 0.05) is 35.7 Å². The van der Waals surface area contributed by atoms with Crippen molar-refractivity contribution < 1.29 is 9.59 Å². The minimum absolute atomic E-state index is 0.141. The van der Waals surface area contributed by atoms with Gasteiger partial charge in [-0.25, -0.2) is 0 Å². The first kappa shape index (κ1) is 16.8. The van der Waals surface area contributed by atoms with Crippen LogP contribution in [0.5, 0.6) is 0 Å². The van der Waals surface area contributed by atoms with E-state index in [-0.39, 0.29) is 11.8 Å². The average Bonchev–Trinajstić information content (AvgIpc) is 2.82. The smallest absolute Gasteiger partial charge is 0.257 e. The van der Waals surface area contributed by atoms with Crippen molar-refractivity contribution in [3.63, 3.8) is 0 Å². The zero-order chi connectivity index (χ0) is 17.1. The van der Waals surface area contributed by atoms with Gasteiger partial charge in [0.25, 0.3) is 11.8 Å². The van der Waals surface area contributed by atoms with Crippen molar-refractivity contribution in [2.24, 2.45) is 0 Å². The van der Waals surface area contributed by atoms with E-state index < -0.39 is 0 Å². The highest BCUT2D eigenvalue weighted by Gasteiger charge is 2.17. The maximum atomic E-state index is 12.5. The highest BCUT2D eigenvalue weighted by Crippen LogP contribution is 2.21. The van der Waals surface area contributed by atoms with Gasteiger partial charge in [-0.05, 0) is 58.0 Å². The van der Waals surface area contributed by atoms with Gasteiger partial charge in [-0.15, -0.1) is 0 Å². The number of rotatable bonds is 4. The molecule has 0 saturated carbocycles. The summed E-state index contributed by atoms with van der Waals surface area (Å²) in [5.41, 5.74) is 3.92. The molecule has 2 amide bonds. The van der Waals surface area contributed by atoms with Gasteiger partial charge >= 0.3 is 0 Å². The van der Waals surface area contributed by atoms with Crippen LogP contribution in [0.15, 0.2) is 30.3 Å². The monoisotopic (exact) mass is 313 g/mol. The Morgan fingerprint density at radius 3 is 2.13 bits per heavy atom. The maximum Gasteiger partial charge on any atom is 0.257 e. The summed E-state index contributed by atoms with van der Waals surface area (Å²) in [6, 6.07) is 9.04. The third-order valence-electron chi connectivity index (χ3n) is 3.88. The van der Waals surface area contributed by atoms with Crippen molar-refractivity contribution in [1.29, 1.82) is 0 Å². The molecule has 0 unspecified atom stereocenters. The molecule has 0 aliphatic rings. The summed E-state index contributed by atoms with van der Waals surface area (Å²) < 4.78 is 2.14. The molecule has 0 spiro atoms. The molecule has 0 radical (unpaired) electrons. The van der Waals surface area contributed by atoms with Gasteiger partial charge in [-0.2, -0.15) is 0 Å². The van der Waals surface area contributed by atoms with Crippen molar-refractivity contribution in [3.8, 4) is 0 Å². The van der Waals surface area contributed by atoms with Crippen LogP contribution in [0.2, 0.25) is 0 Å². The number of hydrogen-bond acceptors (Lipinski definition) is 2. The van der Waals surface area contributed by atoms with Crippen molar-refractivity contribution in [3.05, 3.63) is 52.8 Å². The van der Waals surface area contributed by atoms with Gasteiger partial charge < -0.3 is 15.2 Å². The molecule has 0 aliphatic heterocycles. The summed E-state index contributed by atoms with van der Waals surface area (Å²) >= 11 is 0. The summed E-state index contributed by atoms with van der Waals surface area (Å²) in [7, 11) is 1.59. The molecule has 5 heteroatoms. The summed E-state index contributed by atoms with van der Waals surface area (Å²) in [5.74, 6) is -0.291. The fourth-order valence-corrected chi connectivity index (χ4v) is 2.85. The molecule has 1 heterocycles. The predicted octanol–water partition coefficient (Wildman–Crippen LogP) is 3.30. The molecule has 2 aromatic rings. The first-order valence-electron chi connectivity index (χ1n) is 7.67. The van der Waals surface area contributed by atoms with Crippen LogP contribution >= 0.6 is 0 Å². The second-order valence-electron chi connectivity index (χ2n) is 5.86. The number of benzene rings is 1. The van der Waals surface area contributed by atoms with Crippen LogP contribution in [0.3, 0.4) is 0 Å². The molecule has 0 atom stereocenters. The predicted molar refractivity (Wildman–Crippen MR) is 92.1 cm³/mol. The number of aryl methyl sites for hydroxylation is 1. The van der Waals surface area contributed by atoms with E-state index in [0.29, 0.717) is 22.9 Å². The van der Waals surface area contributed by atoms with Gasteiger partial charge in [0.05, 0.1) is 5.56 Å². The Hall–Kier alpha value is -2.56. The molecule has 0 bridgehead atoms. The van der Waals surface area contributed by atoms with Gasteiger partial charge in [0.15, 0.2) is 0 Å². The first-order valence-corrected chi connectivity index (χ1v) is 7.67. The average molecular weight is 313 g/mol. The lowest BCUT2D eigenvalue weighted by molar-refractivity contribution is 0.0962. The van der Waals surface area contributed by atoms with Gasteiger partial charge in [-0.1, -0.05) is 0 Å². The highest BCUT2D eigenvalue weighted by atomic mass is 16.2. The minimum Gasteiger partial charge on any atom is -0.355 e. The topological polar surface area (TPSA) is 63.1 Å². The van der Waals surface area contributed by atoms with Gasteiger partial charge in [-0.3, -0.25) is 9.59 Å². The van der Waals surface area contributed by atoms with E-state index in [0.717, 1.165) is 11.4 Å². The Bertz CT molecular complexity index is 727. The van der Waals surface area contributed by atoms with E-state index in [9.17, 15) is 9.59 Å². The molecular weight excluding hydrogens is 290 g/mol. The molecule has 5 nitrogen and oxygen atoms in total. The third kappa shape index (κ3) is 3.44. The molecule has 0 saturated heterocycles. The second-order valence-corrected chi connectivity index (χ2v) is 5.86. The largest absolute Gasteiger partial charge is 0.355 e. The number of hydrogen-bond donors (Lipinski definition) is 2. The van der Waals surface area contributed by atoms with Gasteiger partial charge in [0.2, 0.25) is 0 Å². The van der Waals surface area contributed by atoms with Crippen LogP contribution in [-0.2, 0) is 0 Å². The number of carbonyl (C=O) groups excluding carboxylic acids is 2. The Labute approximate surface area is 136 Å². The fraction of sp³-hybridized carbons (Fsp3) is 0.333. The van der Waals surface area contributed by atoms with E-state index in [1.165, 1.54) is 0 Å². The third-order valence-corrected chi connectivity index (χ3v) is 3.88. The molecule has 1 aromatic carbocycles. The number of amides is 2. The highest BCUT2D eigenvalue weighted by molar-refractivity contribution is 6.05. The van der Waals surface area contributed by atoms with E-state index in [2.05, 4.69) is 29.0 Å². The van der Waals surface area contributed by atoms with E-state index in [1.54, 1.807) is 31.3 Å². The summed E-state index contributed by atoms with van der Waals surface area (Å²) in [4.78, 5) is 24.0. The van der Waals surface area contributed by atoms with E-state index >= 15 is 0 Å². The summed E-state index contributed by atoms with van der Waals surface area (Å²) in [5, 5.41) is 5.44. The van der Waals surface area contributed by atoms with Crippen molar-refractivity contribution in [2.45, 2.75) is 33.7 Å². The standard InChI is InChI=1S/C18H23N3O2/c1-11(2)21-12(3)10-16(13(21)4)18(23)20-15-8-6-14(7-9-15)17(22)19-5/h6-11H,1-5H3,(H,19,22)(H,20,23). The molecule has 23 heavy (non-hydrogen) atoms. The van der Waals surface area contributed by atoms with Crippen LogP contribution in [-0.4, -0.2) is 23.4 Å². The number of aromatic nitrogens is 1. The van der Waals surface area contributed by atoms with Crippen LogP contribution < -0.4 is 10.6 Å². The summed E-state index contributed by atoms with van der Waals surface area (Å²) in [6.07, 6.45) is 0. The van der Waals surface area contributed by atoms with E-state index in [4.69, 9.17) is 0 Å². The van der Waals surface area contributed by atoms with Crippen LogP contribution in [0, 0.1) is 13.8 Å². The SMILES string of the molecule is CNC(=O)c1ccc(NC(=O)c2cc(C)n(C(C)C)c2C)cc1. The Morgan fingerprint density at radius 2 is 1.65 bits per heavy atom. The Kier molecular flexibility index (Phi) is 4.89. The summed E-state index contributed by atoms with van der Waals surface area (Å²) in [6.45, 7) is 8.15. The zero-order valence-corrected chi connectivity index (χ0v) is 14.2. The second kappa shape index (κ2) is 6.69. The minimum atomic E-state index is -0.150. The quantitative estimate of drug-likeness (QED) is 0.909. The normalized spacial score (nSPS) is 10.7. The molecule has 1 aromatic heterocycles. The number of nitrogens with zero attached hydrogens (tertiary/aromatic N) is 1. The van der Waals surface area contributed by atoms with Crippen molar-refractivity contribution in [2.75, 3.05) is 12.4 Å². The Morgan fingerprint density at radius 1 is 1.04 bits per heavy atom. The first-order chi connectivity index (χ1) is 10.8. The molecule has 0 fully saturated rings.